The van der Waals surface area contributed by atoms with Gasteiger partial charge in [-0.05, 0) is 26.8 Å². The molecule has 0 spiro atoms. The number of aromatic nitrogens is 2. The van der Waals surface area contributed by atoms with Crippen LogP contribution in [0, 0.1) is 0 Å². The summed E-state index contributed by atoms with van der Waals surface area (Å²) >= 11 is 0. The summed E-state index contributed by atoms with van der Waals surface area (Å²) in [6, 6.07) is 2.13. The van der Waals surface area contributed by atoms with E-state index < -0.39 is 0 Å². The van der Waals surface area contributed by atoms with Crippen molar-refractivity contribution in [3.05, 3.63) is 11.8 Å². The molecule has 1 saturated carbocycles. The van der Waals surface area contributed by atoms with Crippen molar-refractivity contribution in [1.29, 1.82) is 0 Å². The first-order chi connectivity index (χ1) is 9.06. The molecule has 1 aliphatic heterocycles. The summed E-state index contributed by atoms with van der Waals surface area (Å²) in [5.74, 6) is 0.214. The van der Waals surface area contributed by atoms with Crippen molar-refractivity contribution >= 4 is 22.0 Å². The Morgan fingerprint density at radius 1 is 1.35 bits per heavy atom. The van der Waals surface area contributed by atoms with Gasteiger partial charge in [0.1, 0.15) is 0 Å². The molecule has 4 nitrogen and oxygen atoms in total. The van der Waals surface area contributed by atoms with E-state index in [1.165, 1.54) is 0 Å². The summed E-state index contributed by atoms with van der Waals surface area (Å²) in [4.78, 5) is 0. The highest BCUT2D eigenvalue weighted by molar-refractivity contribution is 7.16. The lowest BCUT2D eigenvalue weighted by molar-refractivity contribution is 0.187. The lowest BCUT2D eigenvalue weighted by Gasteiger charge is -2.15. The standard InChI is InChI=1S/C14H24BN2O2P/c1-9(20)17-11(7-10(16-17)12(2,3)4)15-18-13(5)8-14(13,6)19-15/h7,9H,8,20H2,1-6H3. The molecule has 4 unspecified atom stereocenters. The van der Waals surface area contributed by atoms with E-state index in [4.69, 9.17) is 14.4 Å². The first-order valence-electron chi connectivity index (χ1n) is 7.27. The van der Waals surface area contributed by atoms with Crippen molar-refractivity contribution in [2.45, 2.75) is 70.4 Å². The molecule has 4 atom stereocenters. The van der Waals surface area contributed by atoms with Gasteiger partial charge in [0.15, 0.2) is 0 Å². The molecular weight excluding hydrogens is 270 g/mol. The molecule has 0 amide bonds. The first kappa shape index (κ1) is 14.6. The fourth-order valence-corrected chi connectivity index (χ4v) is 3.07. The molecule has 20 heavy (non-hydrogen) atoms. The molecule has 0 radical (unpaired) electrons. The highest BCUT2D eigenvalue weighted by Gasteiger charge is 2.71. The van der Waals surface area contributed by atoms with Crippen molar-refractivity contribution in [3.63, 3.8) is 0 Å². The molecule has 0 N–H and O–H groups in total. The van der Waals surface area contributed by atoms with E-state index in [9.17, 15) is 0 Å². The quantitative estimate of drug-likeness (QED) is 0.620. The Balaban J connectivity index is 1.95. The molecule has 1 aliphatic carbocycles. The maximum atomic E-state index is 6.14. The minimum Gasteiger partial charge on any atom is -0.398 e. The minimum atomic E-state index is -0.301. The molecule has 2 aliphatic rings. The van der Waals surface area contributed by atoms with Gasteiger partial charge in [-0.25, -0.2) is 0 Å². The summed E-state index contributed by atoms with van der Waals surface area (Å²) in [6.07, 6.45) is 0.979. The molecule has 2 heterocycles. The summed E-state index contributed by atoms with van der Waals surface area (Å²) in [5, 5.41) is 4.75. The Morgan fingerprint density at radius 3 is 2.35 bits per heavy atom. The molecule has 0 aromatic carbocycles. The Kier molecular flexibility index (Phi) is 2.97. The van der Waals surface area contributed by atoms with Gasteiger partial charge in [0.2, 0.25) is 0 Å². The third kappa shape index (κ3) is 2.06. The van der Waals surface area contributed by atoms with Gasteiger partial charge in [-0.2, -0.15) is 5.10 Å². The number of hydrogen-bond donors (Lipinski definition) is 0. The maximum Gasteiger partial charge on any atom is 0.514 e. The third-order valence-electron chi connectivity index (χ3n) is 4.56. The van der Waals surface area contributed by atoms with E-state index in [0.717, 1.165) is 17.7 Å². The SMILES string of the molecule is CC(P)n1nc(C(C)(C)C)cc1B1OC2(C)CC2(C)O1. The van der Waals surface area contributed by atoms with Crippen LogP contribution in [0.3, 0.4) is 0 Å². The van der Waals surface area contributed by atoms with E-state index in [2.05, 4.69) is 56.8 Å². The predicted molar refractivity (Wildman–Crippen MR) is 84.3 cm³/mol. The highest BCUT2D eigenvalue weighted by atomic mass is 31.0. The van der Waals surface area contributed by atoms with Crippen molar-refractivity contribution in [3.8, 4) is 0 Å². The minimum absolute atomic E-state index is 0.0227. The lowest BCUT2D eigenvalue weighted by atomic mass is 9.82. The molecular formula is C14H24BN2O2P. The van der Waals surface area contributed by atoms with Crippen molar-refractivity contribution in [2.24, 2.45) is 0 Å². The van der Waals surface area contributed by atoms with Crippen molar-refractivity contribution < 1.29 is 9.31 Å². The average Bonchev–Trinajstić information content (AvgIpc) is 2.66. The second-order valence-corrected chi connectivity index (χ2v) is 8.56. The summed E-state index contributed by atoms with van der Waals surface area (Å²) in [7, 11) is 2.49. The van der Waals surface area contributed by atoms with Crippen LogP contribution in [0.2, 0.25) is 0 Å². The maximum absolute atomic E-state index is 6.14. The Hall–Kier alpha value is -0.375. The Bertz CT molecular complexity index is 538. The fraction of sp³-hybridized carbons (Fsp3) is 0.786. The van der Waals surface area contributed by atoms with Crippen LogP contribution < -0.4 is 5.59 Å². The van der Waals surface area contributed by atoms with Gasteiger partial charge in [0.25, 0.3) is 0 Å². The van der Waals surface area contributed by atoms with Crippen LogP contribution in [0.4, 0.5) is 0 Å². The summed E-state index contributed by atoms with van der Waals surface area (Å²) in [6.45, 7) is 12.9. The lowest BCUT2D eigenvalue weighted by Crippen LogP contribution is -2.41. The molecule has 2 fully saturated rings. The molecule has 1 aromatic heterocycles. The van der Waals surface area contributed by atoms with Crippen LogP contribution in [0.25, 0.3) is 0 Å². The van der Waals surface area contributed by atoms with Gasteiger partial charge < -0.3 is 9.31 Å². The van der Waals surface area contributed by atoms with E-state index in [1.807, 2.05) is 4.68 Å². The van der Waals surface area contributed by atoms with E-state index in [1.54, 1.807) is 0 Å². The van der Waals surface area contributed by atoms with E-state index in [0.29, 0.717) is 0 Å². The second kappa shape index (κ2) is 4.09. The number of nitrogens with zero attached hydrogens (tertiary/aromatic N) is 2. The van der Waals surface area contributed by atoms with E-state index >= 15 is 0 Å². The van der Waals surface area contributed by atoms with Gasteiger partial charge in [-0.1, -0.05) is 20.8 Å². The molecule has 6 heteroatoms. The predicted octanol–water partition coefficient (Wildman–Crippen LogP) is 2.24. The van der Waals surface area contributed by atoms with Gasteiger partial charge in [0, 0.05) is 11.8 Å². The Labute approximate surface area is 123 Å². The molecule has 110 valence electrons. The van der Waals surface area contributed by atoms with Crippen LogP contribution in [-0.2, 0) is 14.7 Å². The van der Waals surface area contributed by atoms with Crippen molar-refractivity contribution in [1.82, 2.24) is 9.78 Å². The van der Waals surface area contributed by atoms with E-state index in [-0.39, 0.29) is 29.5 Å². The molecule has 1 aromatic rings. The zero-order chi connectivity index (χ0) is 14.9. The Morgan fingerprint density at radius 2 is 1.90 bits per heavy atom. The van der Waals surface area contributed by atoms with Gasteiger partial charge >= 0.3 is 7.12 Å². The van der Waals surface area contributed by atoms with Crippen LogP contribution in [0.15, 0.2) is 6.07 Å². The van der Waals surface area contributed by atoms with Crippen molar-refractivity contribution in [2.75, 3.05) is 0 Å². The van der Waals surface area contributed by atoms with Crippen LogP contribution >= 0.6 is 9.24 Å². The highest BCUT2D eigenvalue weighted by Crippen LogP contribution is 2.58. The first-order valence-corrected chi connectivity index (χ1v) is 7.94. The molecule has 3 rings (SSSR count). The smallest absolute Gasteiger partial charge is 0.398 e. The number of rotatable bonds is 2. The fourth-order valence-electron chi connectivity index (χ4n) is 2.83. The topological polar surface area (TPSA) is 36.3 Å². The van der Waals surface area contributed by atoms with Gasteiger partial charge in [-0.15, -0.1) is 9.24 Å². The van der Waals surface area contributed by atoms with Gasteiger partial charge in [-0.3, -0.25) is 4.68 Å². The largest absolute Gasteiger partial charge is 0.514 e. The second-order valence-electron chi connectivity index (χ2n) is 7.60. The summed E-state index contributed by atoms with van der Waals surface area (Å²) in [5.41, 5.74) is 1.86. The van der Waals surface area contributed by atoms with Crippen LogP contribution in [0.5, 0.6) is 0 Å². The normalized spacial score (nSPS) is 34.2. The van der Waals surface area contributed by atoms with Crippen LogP contribution in [0.1, 0.15) is 59.4 Å². The van der Waals surface area contributed by atoms with Crippen LogP contribution in [-0.4, -0.2) is 28.1 Å². The number of fused-ring (bicyclic) bond motifs is 1. The zero-order valence-electron chi connectivity index (χ0n) is 13.2. The molecule has 0 bridgehead atoms. The molecule has 1 saturated heterocycles. The monoisotopic (exact) mass is 294 g/mol. The third-order valence-corrected chi connectivity index (χ3v) is 4.85. The average molecular weight is 294 g/mol. The summed E-state index contributed by atoms with van der Waals surface area (Å²) < 4.78 is 14.3. The zero-order valence-corrected chi connectivity index (χ0v) is 14.4. The number of hydrogen-bond acceptors (Lipinski definition) is 3. The van der Waals surface area contributed by atoms with Gasteiger partial charge in [0.05, 0.1) is 28.3 Å².